The van der Waals surface area contributed by atoms with Crippen molar-refractivity contribution in [2.45, 2.75) is 19.8 Å². The molecule has 1 unspecified atom stereocenters. The van der Waals surface area contributed by atoms with Crippen LogP contribution in [0.5, 0.6) is 11.5 Å². The second-order valence-electron chi connectivity index (χ2n) is 6.96. The second-order valence-corrected chi connectivity index (χ2v) is 9.93. The average Bonchev–Trinajstić information content (AvgIpc) is 2.84. The molecule has 0 aliphatic carbocycles. The van der Waals surface area contributed by atoms with E-state index >= 15 is 0 Å². The van der Waals surface area contributed by atoms with E-state index in [4.69, 9.17) is 18.5 Å². The molecule has 0 saturated heterocycles. The van der Waals surface area contributed by atoms with Gasteiger partial charge in [-0.3, -0.25) is 9.36 Å². The van der Waals surface area contributed by atoms with Gasteiger partial charge in [-0.05, 0) is 38.1 Å². The number of aromatic nitrogens is 2. The zero-order valence-electron chi connectivity index (χ0n) is 19.5. The van der Waals surface area contributed by atoms with E-state index in [-0.39, 0.29) is 24.7 Å². The zero-order valence-corrected chi connectivity index (χ0v) is 22.0. The maximum Gasteiger partial charge on any atom is 0.374 e. The smallest absolute Gasteiger partial charge is 0.374 e. The number of amides is 1. The summed E-state index contributed by atoms with van der Waals surface area (Å²) in [4.78, 5) is 21.2. The number of halogens is 2. The van der Waals surface area contributed by atoms with Crippen molar-refractivity contribution in [2.24, 2.45) is 0 Å². The monoisotopic (exact) mass is 570 g/mol. The van der Waals surface area contributed by atoms with Crippen LogP contribution in [0.15, 0.2) is 41.1 Å². The summed E-state index contributed by atoms with van der Waals surface area (Å²) in [6, 6.07) is 8.51. The number of methoxy groups -OCH3 is 2. The van der Waals surface area contributed by atoms with Crippen LogP contribution in [0.3, 0.4) is 0 Å². The van der Waals surface area contributed by atoms with Crippen molar-refractivity contribution in [3.05, 3.63) is 41.1 Å². The number of hydrogen-bond acceptors (Lipinski definition) is 9. The summed E-state index contributed by atoms with van der Waals surface area (Å²) >= 11 is 3.43. The first kappa shape index (κ1) is 26.8. The predicted molar refractivity (Wildman–Crippen MR) is 134 cm³/mol. The normalized spacial score (nSPS) is 12.3. The highest BCUT2D eigenvalue weighted by Gasteiger charge is 2.42. The fourth-order valence-electron chi connectivity index (χ4n) is 3.22. The molecule has 1 atom stereocenters. The van der Waals surface area contributed by atoms with Crippen molar-refractivity contribution in [3.8, 4) is 11.5 Å². The minimum absolute atomic E-state index is 0.0876. The Kier molecular flexibility index (Phi) is 9.01. The molecule has 13 heteroatoms. The Labute approximate surface area is 210 Å². The molecule has 2 N–H and O–H groups in total. The van der Waals surface area contributed by atoms with Crippen LogP contribution in [0.1, 0.15) is 13.8 Å². The molecular formula is C22H25BrFN4O6P. The Morgan fingerprint density at radius 3 is 2.37 bits per heavy atom. The minimum atomic E-state index is -4.32. The average molecular weight is 571 g/mol. The Hall–Kier alpha value is -2.79. The minimum Gasteiger partial charge on any atom is -0.495 e. The van der Waals surface area contributed by atoms with Crippen LogP contribution in [0.2, 0.25) is 0 Å². The first-order valence-electron chi connectivity index (χ1n) is 10.5. The summed E-state index contributed by atoms with van der Waals surface area (Å²) < 4.78 is 49.1. The molecule has 188 valence electrons. The zero-order chi connectivity index (χ0) is 25.6. The Morgan fingerprint density at radius 1 is 1.06 bits per heavy atom. The molecule has 0 aliphatic heterocycles. The molecule has 3 rings (SSSR count). The van der Waals surface area contributed by atoms with E-state index < -0.39 is 19.4 Å². The summed E-state index contributed by atoms with van der Waals surface area (Å²) in [5.41, 5.74) is 1.24. The highest BCUT2D eigenvalue weighted by atomic mass is 79.9. The van der Waals surface area contributed by atoms with Crippen molar-refractivity contribution in [3.63, 3.8) is 0 Å². The lowest BCUT2D eigenvalue weighted by Crippen LogP contribution is -2.26. The lowest BCUT2D eigenvalue weighted by Gasteiger charge is -2.20. The number of nitrogens with zero attached hydrogens (tertiary/aromatic N) is 2. The van der Waals surface area contributed by atoms with Gasteiger partial charge in [0.05, 0.1) is 44.3 Å². The molecule has 2 aromatic carbocycles. The summed E-state index contributed by atoms with van der Waals surface area (Å²) in [7, 11) is -1.39. The molecule has 1 amide bonds. The van der Waals surface area contributed by atoms with E-state index in [2.05, 4.69) is 36.5 Å². The number of fused-ring (bicyclic) bond motifs is 1. The van der Waals surface area contributed by atoms with Crippen molar-refractivity contribution < 1.29 is 32.3 Å². The van der Waals surface area contributed by atoms with Crippen molar-refractivity contribution in [2.75, 3.05) is 38.1 Å². The van der Waals surface area contributed by atoms with Crippen molar-refractivity contribution in [1.82, 2.24) is 9.97 Å². The molecule has 0 saturated carbocycles. The number of hydrogen-bond donors (Lipinski definition) is 2. The molecule has 10 nitrogen and oxygen atoms in total. The molecule has 0 aliphatic rings. The fourth-order valence-corrected chi connectivity index (χ4v) is 4.99. The number of rotatable bonds is 11. The van der Waals surface area contributed by atoms with Gasteiger partial charge in [0.2, 0.25) is 0 Å². The Morgan fingerprint density at radius 2 is 1.74 bits per heavy atom. The van der Waals surface area contributed by atoms with Gasteiger partial charge in [-0.25, -0.2) is 14.4 Å². The van der Waals surface area contributed by atoms with Crippen molar-refractivity contribution in [1.29, 1.82) is 0 Å². The molecule has 3 aromatic rings. The van der Waals surface area contributed by atoms with Gasteiger partial charge in [-0.15, -0.1) is 0 Å². The van der Waals surface area contributed by atoms with E-state index in [1.165, 1.54) is 33.4 Å². The lowest BCUT2D eigenvalue weighted by molar-refractivity contribution is -0.118. The van der Waals surface area contributed by atoms with Gasteiger partial charge in [0, 0.05) is 15.9 Å². The van der Waals surface area contributed by atoms with Gasteiger partial charge in [0.15, 0.2) is 0 Å². The first-order valence-corrected chi connectivity index (χ1v) is 12.9. The van der Waals surface area contributed by atoms with Crippen molar-refractivity contribution >= 4 is 57.5 Å². The maximum atomic E-state index is 14.9. The summed E-state index contributed by atoms with van der Waals surface area (Å²) in [5, 5.41) is 6.10. The number of anilines is 3. The SMILES string of the molecule is CCOP(=O)(OCC)C(F)C(=O)Nc1cc2c(Nc3cc(Br)ccc3OC)ncnc2cc1OC. The number of carbonyl (C=O) groups excluding carboxylic acids is 1. The molecule has 0 bridgehead atoms. The third-order valence-corrected chi connectivity index (χ3v) is 7.26. The summed E-state index contributed by atoms with van der Waals surface area (Å²) in [5.74, 6) is -2.56. The van der Waals surface area contributed by atoms with Crippen LogP contribution in [0.4, 0.5) is 21.6 Å². The van der Waals surface area contributed by atoms with Gasteiger partial charge < -0.3 is 29.2 Å². The van der Waals surface area contributed by atoms with Crippen LogP contribution >= 0.6 is 23.5 Å². The highest BCUT2D eigenvalue weighted by molar-refractivity contribution is 9.10. The highest BCUT2D eigenvalue weighted by Crippen LogP contribution is 2.54. The first-order chi connectivity index (χ1) is 16.8. The number of nitrogens with one attached hydrogen (secondary N) is 2. The maximum absolute atomic E-state index is 14.9. The molecule has 35 heavy (non-hydrogen) atoms. The number of carbonyl (C=O) groups is 1. The molecular weight excluding hydrogens is 546 g/mol. The van der Waals surface area contributed by atoms with E-state index in [1.54, 1.807) is 19.2 Å². The predicted octanol–water partition coefficient (Wildman–Crippen LogP) is 5.65. The van der Waals surface area contributed by atoms with Crippen LogP contribution in [-0.2, 0) is 18.4 Å². The standard InChI is InChI=1S/C22H25BrFN4O6P/c1-5-33-35(30,34-6-2)20(24)22(29)28-17-10-14-15(11-19(17)32-4)25-12-26-21(14)27-16-9-13(23)7-8-18(16)31-3/h7-12,20H,5-6H2,1-4H3,(H,28,29)(H,25,26,27). The summed E-state index contributed by atoms with van der Waals surface area (Å²) in [6.45, 7) is 2.88. The van der Waals surface area contributed by atoms with Gasteiger partial charge in [0.25, 0.3) is 11.8 Å². The quantitative estimate of drug-likeness (QED) is 0.281. The van der Waals surface area contributed by atoms with Crippen LogP contribution in [0.25, 0.3) is 10.9 Å². The van der Waals surface area contributed by atoms with E-state index in [9.17, 15) is 13.8 Å². The van der Waals surface area contributed by atoms with Crippen LogP contribution in [-0.4, -0.2) is 49.2 Å². The van der Waals surface area contributed by atoms with E-state index in [1.807, 2.05) is 12.1 Å². The largest absolute Gasteiger partial charge is 0.495 e. The van der Waals surface area contributed by atoms with Gasteiger partial charge in [-0.2, -0.15) is 0 Å². The van der Waals surface area contributed by atoms with E-state index in [0.717, 1.165) is 4.47 Å². The Bertz CT molecular complexity index is 1250. The molecule has 0 radical (unpaired) electrons. The summed E-state index contributed by atoms with van der Waals surface area (Å²) in [6.07, 6.45) is 1.37. The molecule has 0 fully saturated rings. The van der Waals surface area contributed by atoms with E-state index in [0.29, 0.717) is 28.2 Å². The fraction of sp³-hybridized carbons (Fsp3) is 0.318. The van der Waals surface area contributed by atoms with Gasteiger partial charge in [-0.1, -0.05) is 15.9 Å². The van der Waals surface area contributed by atoms with Crippen LogP contribution < -0.4 is 20.1 Å². The van der Waals surface area contributed by atoms with Crippen LogP contribution in [0, 0.1) is 0 Å². The second kappa shape index (κ2) is 11.8. The van der Waals surface area contributed by atoms with Gasteiger partial charge in [0.1, 0.15) is 23.6 Å². The Balaban J connectivity index is 2.00. The molecule has 1 heterocycles. The number of benzene rings is 2. The topological polar surface area (TPSA) is 121 Å². The molecule has 1 aromatic heterocycles. The van der Waals surface area contributed by atoms with Gasteiger partial charge >= 0.3 is 7.60 Å². The lowest BCUT2D eigenvalue weighted by atomic mass is 10.1. The number of alkyl halides is 1. The third kappa shape index (κ3) is 6.07. The third-order valence-electron chi connectivity index (χ3n) is 4.74. The molecule has 0 spiro atoms. The number of ether oxygens (including phenoxy) is 2.